The summed E-state index contributed by atoms with van der Waals surface area (Å²) in [5.41, 5.74) is 0.163. The van der Waals surface area contributed by atoms with Crippen LogP contribution in [0.5, 0.6) is 5.75 Å². The van der Waals surface area contributed by atoms with Crippen molar-refractivity contribution < 1.29 is 27.9 Å². The lowest BCUT2D eigenvalue weighted by Gasteiger charge is -2.13. The lowest BCUT2D eigenvalue weighted by molar-refractivity contribution is -0.137. The first-order chi connectivity index (χ1) is 16.6. The molecular weight excluding hydrogens is 503 g/mol. The van der Waals surface area contributed by atoms with E-state index in [0.29, 0.717) is 22.3 Å². The predicted molar refractivity (Wildman–Crippen MR) is 127 cm³/mol. The maximum Gasteiger partial charge on any atom is 0.416 e. The average molecular weight is 518 g/mol. The largest absolute Gasteiger partial charge is 0.507 e. The summed E-state index contributed by atoms with van der Waals surface area (Å²) in [5.74, 6) is -0.726. The minimum Gasteiger partial charge on any atom is -0.507 e. The van der Waals surface area contributed by atoms with Gasteiger partial charge in [0.1, 0.15) is 5.75 Å². The molecule has 1 aliphatic rings. The Morgan fingerprint density at radius 3 is 2.40 bits per heavy atom. The van der Waals surface area contributed by atoms with Crippen LogP contribution in [0.3, 0.4) is 0 Å². The number of carbonyl (C=O) groups excluding carboxylic acids is 2. The average Bonchev–Trinajstić information content (AvgIpc) is 3.08. The smallest absolute Gasteiger partial charge is 0.416 e. The van der Waals surface area contributed by atoms with E-state index in [1.54, 1.807) is 24.3 Å². The van der Waals surface area contributed by atoms with Crippen molar-refractivity contribution in [2.24, 2.45) is 10.2 Å². The number of carbonyl (C=O) groups is 2. The molecule has 4 rings (SSSR count). The number of nitrogens with zero attached hydrogens (tertiary/aromatic N) is 3. The van der Waals surface area contributed by atoms with Crippen LogP contribution in [0.1, 0.15) is 16.7 Å². The second-order valence-corrected chi connectivity index (χ2v) is 8.75. The van der Waals surface area contributed by atoms with Crippen LogP contribution in [0.25, 0.3) is 6.08 Å². The van der Waals surface area contributed by atoms with Gasteiger partial charge in [0.25, 0.3) is 11.1 Å². The molecule has 3 aromatic carbocycles. The van der Waals surface area contributed by atoms with E-state index < -0.39 is 22.9 Å². The van der Waals surface area contributed by atoms with Crippen LogP contribution >= 0.6 is 23.4 Å². The maximum absolute atomic E-state index is 12.9. The van der Waals surface area contributed by atoms with Gasteiger partial charge in [-0.05, 0) is 65.9 Å². The maximum atomic E-state index is 12.9. The monoisotopic (exact) mass is 517 g/mol. The highest BCUT2D eigenvalue weighted by atomic mass is 35.5. The van der Waals surface area contributed by atoms with Crippen LogP contribution < -0.4 is 0 Å². The number of azo groups is 1. The molecule has 11 heteroatoms. The number of halogens is 4. The Morgan fingerprint density at radius 1 is 0.971 bits per heavy atom. The molecule has 0 aromatic heterocycles. The van der Waals surface area contributed by atoms with Crippen molar-refractivity contribution in [3.8, 4) is 5.75 Å². The summed E-state index contributed by atoms with van der Waals surface area (Å²) in [6.45, 7) is -0.00109. The number of aromatic hydroxyl groups is 1. The molecule has 0 bridgehead atoms. The van der Waals surface area contributed by atoms with Gasteiger partial charge in [-0.2, -0.15) is 23.4 Å². The fraction of sp³-hybridized carbons (Fsp3) is 0.0833. The minimum atomic E-state index is -4.51. The van der Waals surface area contributed by atoms with Gasteiger partial charge in [0.05, 0.1) is 28.4 Å². The van der Waals surface area contributed by atoms with E-state index in [1.165, 1.54) is 36.4 Å². The molecule has 1 aliphatic heterocycles. The van der Waals surface area contributed by atoms with Crippen LogP contribution in [0.15, 0.2) is 81.9 Å². The zero-order valence-corrected chi connectivity index (χ0v) is 19.2. The highest BCUT2D eigenvalue weighted by molar-refractivity contribution is 8.18. The summed E-state index contributed by atoms with van der Waals surface area (Å²) >= 11 is 6.84. The molecule has 1 heterocycles. The lowest BCUT2D eigenvalue weighted by Crippen LogP contribution is -2.27. The van der Waals surface area contributed by atoms with Crippen LogP contribution in [0.2, 0.25) is 5.02 Å². The Hall–Kier alpha value is -3.63. The first kappa shape index (κ1) is 24.5. The van der Waals surface area contributed by atoms with Gasteiger partial charge in [-0.3, -0.25) is 14.5 Å². The first-order valence-electron chi connectivity index (χ1n) is 10.0. The van der Waals surface area contributed by atoms with Gasteiger partial charge >= 0.3 is 6.18 Å². The molecule has 1 fully saturated rings. The van der Waals surface area contributed by atoms with Crippen molar-refractivity contribution in [1.82, 2.24) is 4.90 Å². The standard InChI is InChI=1S/C24H15ClF3N3O3S/c25-19-7-2-1-4-14(19)13-31-22(33)21(35-23(31)34)11-15-10-18(8-9-20(15)32)30-29-17-6-3-5-16(12-17)24(26,27)28/h1-12,32H,13H2/b21-11-,30-29?. The molecule has 0 spiro atoms. The Labute approximate surface area is 206 Å². The summed E-state index contributed by atoms with van der Waals surface area (Å²) in [6, 6.07) is 15.3. The molecule has 3 aromatic rings. The molecule has 1 saturated heterocycles. The van der Waals surface area contributed by atoms with Crippen LogP contribution in [-0.4, -0.2) is 21.2 Å². The minimum absolute atomic E-state index is 0.00109. The van der Waals surface area contributed by atoms with Crippen LogP contribution in [0.4, 0.5) is 29.3 Å². The van der Waals surface area contributed by atoms with Crippen LogP contribution in [-0.2, 0) is 17.5 Å². The normalized spacial score (nSPS) is 15.5. The van der Waals surface area contributed by atoms with Crippen LogP contribution in [0, 0.1) is 0 Å². The topological polar surface area (TPSA) is 82.3 Å². The number of thioether (sulfide) groups is 1. The van der Waals surface area contributed by atoms with Gasteiger partial charge in [0, 0.05) is 10.6 Å². The molecule has 2 amide bonds. The summed E-state index contributed by atoms with van der Waals surface area (Å²) in [6.07, 6.45) is -3.16. The highest BCUT2D eigenvalue weighted by Crippen LogP contribution is 2.37. The van der Waals surface area contributed by atoms with Crippen molar-refractivity contribution in [2.75, 3.05) is 0 Å². The van der Waals surface area contributed by atoms with E-state index in [-0.39, 0.29) is 34.1 Å². The number of alkyl halides is 3. The van der Waals surface area contributed by atoms with Crippen molar-refractivity contribution in [2.45, 2.75) is 12.7 Å². The Kier molecular flexibility index (Phi) is 6.95. The number of rotatable bonds is 5. The fourth-order valence-electron chi connectivity index (χ4n) is 3.15. The van der Waals surface area contributed by atoms with Gasteiger partial charge in [0.15, 0.2) is 0 Å². The number of phenols is 1. The number of hydrogen-bond donors (Lipinski definition) is 1. The summed E-state index contributed by atoms with van der Waals surface area (Å²) < 4.78 is 38.6. The van der Waals surface area contributed by atoms with Gasteiger partial charge < -0.3 is 5.11 Å². The summed E-state index contributed by atoms with van der Waals surface area (Å²) in [7, 11) is 0. The number of imide groups is 1. The van der Waals surface area contributed by atoms with Gasteiger partial charge in [-0.1, -0.05) is 35.9 Å². The lowest BCUT2D eigenvalue weighted by atomic mass is 10.1. The second-order valence-electron chi connectivity index (χ2n) is 7.35. The summed E-state index contributed by atoms with van der Waals surface area (Å²) in [4.78, 5) is 26.4. The molecule has 0 atom stereocenters. The molecule has 0 radical (unpaired) electrons. The van der Waals surface area contributed by atoms with Crippen molar-refractivity contribution in [3.63, 3.8) is 0 Å². The number of phenolic OH excluding ortho intramolecular Hbond substituents is 1. The molecule has 178 valence electrons. The third kappa shape index (κ3) is 5.72. The van der Waals surface area contributed by atoms with E-state index in [1.807, 2.05) is 0 Å². The Morgan fingerprint density at radius 2 is 1.69 bits per heavy atom. The molecule has 0 aliphatic carbocycles. The predicted octanol–water partition coefficient (Wildman–Crippen LogP) is 7.72. The SMILES string of the molecule is O=C1S/C(=C\c2cc(N=Nc3cccc(C(F)(F)F)c3)ccc2O)C(=O)N1Cc1ccccc1Cl. The van der Waals surface area contributed by atoms with E-state index in [2.05, 4.69) is 10.2 Å². The summed E-state index contributed by atoms with van der Waals surface area (Å²) in [5, 5.41) is 17.9. The molecule has 1 N–H and O–H groups in total. The van der Waals surface area contributed by atoms with E-state index >= 15 is 0 Å². The van der Waals surface area contributed by atoms with Crippen molar-refractivity contribution in [1.29, 1.82) is 0 Å². The molecule has 35 heavy (non-hydrogen) atoms. The van der Waals surface area contributed by atoms with Gasteiger partial charge in [-0.15, -0.1) is 0 Å². The number of amides is 2. The van der Waals surface area contributed by atoms with Crippen molar-refractivity contribution in [3.05, 3.63) is 93.3 Å². The van der Waals surface area contributed by atoms with E-state index in [4.69, 9.17) is 11.6 Å². The van der Waals surface area contributed by atoms with Gasteiger partial charge in [0.2, 0.25) is 0 Å². The van der Waals surface area contributed by atoms with Crippen molar-refractivity contribution >= 4 is 52.0 Å². The fourth-order valence-corrected chi connectivity index (χ4v) is 4.18. The highest BCUT2D eigenvalue weighted by Gasteiger charge is 2.35. The second kappa shape index (κ2) is 9.93. The zero-order valence-electron chi connectivity index (χ0n) is 17.7. The molecular formula is C24H15ClF3N3O3S. The molecule has 0 unspecified atom stereocenters. The zero-order chi connectivity index (χ0) is 25.2. The third-order valence-electron chi connectivity index (χ3n) is 4.91. The molecule has 6 nitrogen and oxygen atoms in total. The third-order valence-corrected chi connectivity index (χ3v) is 6.19. The van der Waals surface area contributed by atoms with E-state index in [0.717, 1.165) is 17.0 Å². The quantitative estimate of drug-likeness (QED) is 0.277. The van der Waals surface area contributed by atoms with Gasteiger partial charge in [-0.25, -0.2) is 0 Å². The number of benzene rings is 3. The Bertz CT molecular complexity index is 1380. The molecule has 0 saturated carbocycles. The van der Waals surface area contributed by atoms with E-state index in [9.17, 15) is 27.9 Å². The first-order valence-corrected chi connectivity index (χ1v) is 11.2. The number of hydrogen-bond acceptors (Lipinski definition) is 6. The Balaban J connectivity index is 1.56.